The number of thioether (sulfide) groups is 1. The molecule has 0 radical (unpaired) electrons. The number of imidazole rings is 1. The zero-order valence-electron chi connectivity index (χ0n) is 11.5. The van der Waals surface area contributed by atoms with Crippen LogP contribution in [0.1, 0.15) is 25.2 Å². The maximum absolute atomic E-state index is 6.05. The van der Waals surface area contributed by atoms with Crippen LogP contribution in [0.15, 0.2) is 18.2 Å². The van der Waals surface area contributed by atoms with Gasteiger partial charge in [-0.3, -0.25) is 0 Å². The first-order chi connectivity index (χ1) is 9.22. The van der Waals surface area contributed by atoms with E-state index in [1.807, 2.05) is 23.9 Å². The number of fused-ring (bicyclic) bond motifs is 1. The van der Waals surface area contributed by atoms with Crippen LogP contribution in [0, 0.1) is 0 Å². The third-order valence-electron chi connectivity index (χ3n) is 3.28. The van der Waals surface area contributed by atoms with Crippen molar-refractivity contribution in [2.24, 2.45) is 0 Å². The van der Waals surface area contributed by atoms with Gasteiger partial charge in [0.05, 0.1) is 18.5 Å². The highest BCUT2D eigenvalue weighted by Gasteiger charge is 2.17. The molecule has 1 aromatic heterocycles. The first kappa shape index (κ1) is 14.5. The highest BCUT2D eigenvalue weighted by Crippen LogP contribution is 2.30. The first-order valence-corrected chi connectivity index (χ1v) is 8.24. The average Bonchev–Trinajstić information content (AvgIpc) is 2.83. The number of rotatable bonds is 6. The Kier molecular flexibility index (Phi) is 4.99. The van der Waals surface area contributed by atoms with Gasteiger partial charge in [-0.2, -0.15) is 11.8 Å². The molecule has 5 heteroatoms. The predicted octanol–water partition coefficient (Wildman–Crippen LogP) is 4.10. The molecule has 2 rings (SSSR count). The van der Waals surface area contributed by atoms with Crippen LogP contribution >= 0.6 is 23.4 Å². The number of hydrogen-bond donors (Lipinski definition) is 0. The standard InChI is InChI=1S/C14H19ClN2OS/c1-10(7-8-19-3)17-11-5-4-6-12(18-2)14(11)16-13(17)9-15/h4-6,10H,7-9H2,1-3H3. The molecule has 0 saturated carbocycles. The van der Waals surface area contributed by atoms with Gasteiger partial charge >= 0.3 is 0 Å². The lowest BCUT2D eigenvalue weighted by molar-refractivity contribution is 0.419. The molecule has 19 heavy (non-hydrogen) atoms. The van der Waals surface area contributed by atoms with Crippen molar-refractivity contribution in [1.29, 1.82) is 0 Å². The van der Waals surface area contributed by atoms with Crippen LogP contribution in [-0.4, -0.2) is 28.7 Å². The summed E-state index contributed by atoms with van der Waals surface area (Å²) in [6.07, 6.45) is 3.23. The molecule has 0 amide bonds. The minimum absolute atomic E-state index is 0.387. The van der Waals surface area contributed by atoms with Crippen molar-refractivity contribution in [2.75, 3.05) is 19.1 Å². The summed E-state index contributed by atoms with van der Waals surface area (Å²) in [6.45, 7) is 2.22. The molecule has 104 valence electrons. The van der Waals surface area contributed by atoms with E-state index < -0.39 is 0 Å². The minimum atomic E-state index is 0.387. The number of para-hydroxylation sites is 1. The van der Waals surface area contributed by atoms with Gasteiger partial charge in [0.25, 0.3) is 0 Å². The summed E-state index contributed by atoms with van der Waals surface area (Å²) < 4.78 is 7.62. The van der Waals surface area contributed by atoms with Gasteiger partial charge in [-0.05, 0) is 37.5 Å². The number of aromatic nitrogens is 2. The molecule has 0 spiro atoms. The maximum atomic E-state index is 6.05. The Balaban J connectivity index is 2.51. The second-order valence-corrected chi connectivity index (χ2v) is 5.74. The van der Waals surface area contributed by atoms with Gasteiger partial charge in [0.2, 0.25) is 0 Å². The molecule has 0 bridgehead atoms. The number of halogens is 1. The van der Waals surface area contributed by atoms with E-state index in [0.29, 0.717) is 11.9 Å². The number of hydrogen-bond acceptors (Lipinski definition) is 3. The molecule has 3 nitrogen and oxygen atoms in total. The largest absolute Gasteiger partial charge is 0.494 e. The quantitative estimate of drug-likeness (QED) is 0.751. The Labute approximate surface area is 123 Å². The second-order valence-electron chi connectivity index (χ2n) is 4.49. The minimum Gasteiger partial charge on any atom is -0.494 e. The van der Waals surface area contributed by atoms with E-state index in [2.05, 4.69) is 28.8 Å². The fourth-order valence-electron chi connectivity index (χ4n) is 2.31. The molecule has 0 fully saturated rings. The van der Waals surface area contributed by atoms with Crippen molar-refractivity contribution >= 4 is 34.4 Å². The van der Waals surface area contributed by atoms with Crippen LogP contribution in [0.25, 0.3) is 11.0 Å². The first-order valence-electron chi connectivity index (χ1n) is 6.31. The molecule has 1 atom stereocenters. The Bertz CT molecular complexity index is 556. The molecule has 1 aromatic carbocycles. The van der Waals surface area contributed by atoms with Crippen LogP contribution in [0.3, 0.4) is 0 Å². The van der Waals surface area contributed by atoms with Crippen molar-refractivity contribution in [3.05, 3.63) is 24.0 Å². The van der Waals surface area contributed by atoms with Gasteiger partial charge in [-0.25, -0.2) is 4.98 Å². The van der Waals surface area contributed by atoms with Crippen LogP contribution in [-0.2, 0) is 5.88 Å². The van der Waals surface area contributed by atoms with Crippen molar-refractivity contribution in [3.63, 3.8) is 0 Å². The molecular formula is C14H19ClN2OS. The number of ether oxygens (including phenoxy) is 1. The normalized spacial score (nSPS) is 12.8. The highest BCUT2D eigenvalue weighted by molar-refractivity contribution is 7.98. The highest BCUT2D eigenvalue weighted by atomic mass is 35.5. The molecule has 1 unspecified atom stereocenters. The summed E-state index contributed by atoms with van der Waals surface area (Å²) >= 11 is 7.91. The Morgan fingerprint density at radius 3 is 2.89 bits per heavy atom. The summed E-state index contributed by atoms with van der Waals surface area (Å²) in [5.41, 5.74) is 2.00. The molecule has 2 aromatic rings. The van der Waals surface area contributed by atoms with Crippen LogP contribution in [0.2, 0.25) is 0 Å². The Morgan fingerprint density at radius 1 is 1.47 bits per heavy atom. The van der Waals surface area contributed by atoms with E-state index in [9.17, 15) is 0 Å². The molecule has 0 aliphatic carbocycles. The van der Waals surface area contributed by atoms with Gasteiger partial charge in [0.15, 0.2) is 0 Å². The maximum Gasteiger partial charge on any atom is 0.146 e. The van der Waals surface area contributed by atoms with Crippen LogP contribution in [0.5, 0.6) is 5.75 Å². The van der Waals surface area contributed by atoms with E-state index in [-0.39, 0.29) is 0 Å². The lowest BCUT2D eigenvalue weighted by Crippen LogP contribution is -2.09. The topological polar surface area (TPSA) is 27.1 Å². The zero-order chi connectivity index (χ0) is 13.8. The van der Waals surface area contributed by atoms with E-state index in [1.54, 1.807) is 7.11 Å². The predicted molar refractivity (Wildman–Crippen MR) is 83.6 cm³/mol. The van der Waals surface area contributed by atoms with E-state index in [1.165, 1.54) is 0 Å². The van der Waals surface area contributed by atoms with Gasteiger partial charge in [-0.1, -0.05) is 6.07 Å². The fraction of sp³-hybridized carbons (Fsp3) is 0.500. The average molecular weight is 299 g/mol. The number of methoxy groups -OCH3 is 1. The molecular weight excluding hydrogens is 280 g/mol. The van der Waals surface area contributed by atoms with Crippen LogP contribution < -0.4 is 4.74 Å². The Hall–Kier alpha value is -0.870. The smallest absolute Gasteiger partial charge is 0.146 e. The van der Waals surface area contributed by atoms with Gasteiger partial charge in [0.1, 0.15) is 17.1 Å². The lowest BCUT2D eigenvalue weighted by atomic mass is 10.2. The van der Waals surface area contributed by atoms with Crippen molar-refractivity contribution in [2.45, 2.75) is 25.3 Å². The molecule has 1 heterocycles. The zero-order valence-corrected chi connectivity index (χ0v) is 13.1. The summed E-state index contributed by atoms with van der Waals surface area (Å²) in [7, 11) is 1.67. The number of alkyl halides is 1. The molecule has 0 saturated heterocycles. The summed E-state index contributed by atoms with van der Waals surface area (Å²) in [4.78, 5) is 4.63. The van der Waals surface area contributed by atoms with E-state index in [0.717, 1.165) is 34.8 Å². The van der Waals surface area contributed by atoms with Crippen LogP contribution in [0.4, 0.5) is 0 Å². The Morgan fingerprint density at radius 2 is 2.26 bits per heavy atom. The third kappa shape index (κ3) is 2.84. The number of nitrogens with zero attached hydrogens (tertiary/aromatic N) is 2. The van der Waals surface area contributed by atoms with E-state index >= 15 is 0 Å². The van der Waals surface area contributed by atoms with Crippen molar-refractivity contribution < 1.29 is 4.74 Å². The van der Waals surface area contributed by atoms with Crippen molar-refractivity contribution in [3.8, 4) is 5.75 Å². The third-order valence-corrected chi connectivity index (χ3v) is 4.16. The van der Waals surface area contributed by atoms with Gasteiger partial charge in [-0.15, -0.1) is 11.6 Å². The summed E-state index contributed by atoms with van der Waals surface area (Å²) in [6, 6.07) is 6.40. The van der Waals surface area contributed by atoms with Gasteiger partial charge < -0.3 is 9.30 Å². The molecule has 0 aliphatic rings. The monoisotopic (exact) mass is 298 g/mol. The van der Waals surface area contributed by atoms with Gasteiger partial charge in [0, 0.05) is 6.04 Å². The molecule has 0 aliphatic heterocycles. The van der Waals surface area contributed by atoms with Crippen molar-refractivity contribution in [1.82, 2.24) is 9.55 Å². The summed E-state index contributed by atoms with van der Waals surface area (Å²) in [5, 5.41) is 0. The second kappa shape index (κ2) is 6.53. The fourth-order valence-corrected chi connectivity index (χ4v) is 3.07. The van der Waals surface area contributed by atoms with E-state index in [4.69, 9.17) is 16.3 Å². The number of benzene rings is 1. The summed E-state index contributed by atoms with van der Waals surface area (Å²) in [5.74, 6) is 3.27. The lowest BCUT2D eigenvalue weighted by Gasteiger charge is -2.16. The molecule has 0 N–H and O–H groups in total. The SMILES string of the molecule is COc1cccc2c1nc(CCl)n2C(C)CCSC.